The van der Waals surface area contributed by atoms with Crippen molar-refractivity contribution in [1.82, 2.24) is 14.9 Å². The second-order valence-electron chi connectivity index (χ2n) is 8.93. The maximum absolute atomic E-state index is 15.1. The van der Waals surface area contributed by atoms with Crippen molar-refractivity contribution < 1.29 is 26.3 Å². The van der Waals surface area contributed by atoms with Gasteiger partial charge in [-0.1, -0.05) is 30.3 Å². The van der Waals surface area contributed by atoms with E-state index in [0.29, 0.717) is 35.4 Å². The van der Waals surface area contributed by atoms with E-state index in [0.717, 1.165) is 0 Å². The van der Waals surface area contributed by atoms with Gasteiger partial charge in [0.25, 0.3) is 5.92 Å². The number of hydrogen-bond acceptors (Lipinski definition) is 2. The number of rotatable bonds is 4. The molecule has 3 aromatic carbocycles. The Morgan fingerprint density at radius 3 is 2.11 bits per heavy atom. The molecule has 5 rings (SSSR count). The Kier molecular flexibility index (Phi) is 5.83. The highest BCUT2D eigenvalue weighted by molar-refractivity contribution is 5.83. The maximum Gasteiger partial charge on any atom is 0.260 e. The van der Waals surface area contributed by atoms with Gasteiger partial charge < -0.3 is 4.98 Å². The molecule has 2 heterocycles. The first-order valence-corrected chi connectivity index (χ1v) is 11.1. The number of H-pyrrole nitrogens is 1. The van der Waals surface area contributed by atoms with Crippen molar-refractivity contribution >= 4 is 11.0 Å². The predicted octanol–water partition coefficient (Wildman–Crippen LogP) is 6.99. The fourth-order valence-corrected chi connectivity index (χ4v) is 4.65. The molecular formula is C26H21F6N3. The van der Waals surface area contributed by atoms with Crippen LogP contribution in [0.3, 0.4) is 0 Å². The molecule has 1 aliphatic heterocycles. The molecule has 182 valence electrons. The van der Waals surface area contributed by atoms with Crippen LogP contribution in [0.5, 0.6) is 0 Å². The van der Waals surface area contributed by atoms with Crippen LogP contribution >= 0.6 is 0 Å². The topological polar surface area (TPSA) is 31.9 Å². The molecule has 0 amide bonds. The number of aromatic amines is 1. The highest BCUT2D eigenvalue weighted by Gasteiger charge is 2.35. The van der Waals surface area contributed by atoms with Crippen LogP contribution in [0.2, 0.25) is 0 Å². The van der Waals surface area contributed by atoms with E-state index in [1.165, 1.54) is 42.5 Å². The van der Waals surface area contributed by atoms with Crippen LogP contribution < -0.4 is 0 Å². The second kappa shape index (κ2) is 8.71. The average molecular weight is 489 g/mol. The van der Waals surface area contributed by atoms with Crippen LogP contribution in [-0.4, -0.2) is 33.9 Å². The summed E-state index contributed by atoms with van der Waals surface area (Å²) in [5.74, 6) is -8.19. The summed E-state index contributed by atoms with van der Waals surface area (Å²) in [5, 5.41) is 0. The molecule has 1 N–H and O–H groups in total. The largest absolute Gasteiger partial charge is 0.342 e. The van der Waals surface area contributed by atoms with Crippen molar-refractivity contribution in [2.45, 2.75) is 32.2 Å². The molecule has 3 nitrogen and oxygen atoms in total. The number of imidazole rings is 1. The third-order valence-corrected chi connectivity index (χ3v) is 6.27. The van der Waals surface area contributed by atoms with E-state index in [2.05, 4.69) is 9.97 Å². The number of halogens is 6. The predicted molar refractivity (Wildman–Crippen MR) is 121 cm³/mol. The number of aromatic nitrogens is 2. The summed E-state index contributed by atoms with van der Waals surface area (Å²) in [6, 6.07) is 9.93. The monoisotopic (exact) mass is 489 g/mol. The first kappa shape index (κ1) is 23.4. The number of fused-ring (bicyclic) bond motifs is 1. The Bertz CT molecular complexity index is 1380. The molecule has 1 aromatic heterocycles. The maximum atomic E-state index is 15.1. The summed E-state index contributed by atoms with van der Waals surface area (Å²) in [6.07, 6.45) is 0.225. The summed E-state index contributed by atoms with van der Waals surface area (Å²) in [7, 11) is 0. The number of piperidine rings is 1. The lowest BCUT2D eigenvalue weighted by atomic mass is 9.96. The highest BCUT2D eigenvalue weighted by Crippen LogP contribution is 2.37. The minimum Gasteiger partial charge on any atom is -0.342 e. The molecule has 0 bridgehead atoms. The lowest BCUT2D eigenvalue weighted by Gasteiger charge is -2.32. The van der Waals surface area contributed by atoms with Crippen LogP contribution in [0.25, 0.3) is 33.3 Å². The summed E-state index contributed by atoms with van der Waals surface area (Å²) >= 11 is 0. The Morgan fingerprint density at radius 1 is 0.886 bits per heavy atom. The van der Waals surface area contributed by atoms with Crippen molar-refractivity contribution in [2.24, 2.45) is 0 Å². The second-order valence-corrected chi connectivity index (χ2v) is 8.93. The van der Waals surface area contributed by atoms with Gasteiger partial charge in [-0.2, -0.15) is 0 Å². The molecular weight excluding hydrogens is 468 g/mol. The number of aryl methyl sites for hydroxylation is 1. The molecule has 9 heteroatoms. The fraction of sp³-hybridized carbons (Fsp3) is 0.269. The van der Waals surface area contributed by atoms with E-state index >= 15 is 17.6 Å². The summed E-state index contributed by atoms with van der Waals surface area (Å²) in [5.41, 5.74) is -0.0403. The minimum atomic E-state index is -2.75. The van der Waals surface area contributed by atoms with Gasteiger partial charge in [0, 0.05) is 13.0 Å². The number of nitrogens with zero attached hydrogens (tertiary/aromatic N) is 2. The molecule has 0 atom stereocenters. The molecule has 0 saturated carbocycles. The average Bonchev–Trinajstić information content (AvgIpc) is 3.18. The molecule has 0 unspecified atom stereocenters. The van der Waals surface area contributed by atoms with Crippen molar-refractivity contribution in [1.29, 1.82) is 0 Å². The smallest absolute Gasteiger partial charge is 0.260 e. The molecule has 1 saturated heterocycles. The van der Waals surface area contributed by atoms with Crippen LogP contribution in [0.4, 0.5) is 26.3 Å². The summed E-state index contributed by atoms with van der Waals surface area (Å²) < 4.78 is 87.5. The van der Waals surface area contributed by atoms with Gasteiger partial charge in [-0.25, -0.2) is 31.3 Å². The summed E-state index contributed by atoms with van der Waals surface area (Å²) in [6.45, 7) is 2.10. The molecule has 35 heavy (non-hydrogen) atoms. The van der Waals surface area contributed by atoms with Gasteiger partial charge in [0.15, 0.2) is 23.3 Å². The molecule has 0 aliphatic carbocycles. The van der Waals surface area contributed by atoms with Crippen LogP contribution in [-0.2, 0) is 6.54 Å². The molecule has 0 spiro atoms. The van der Waals surface area contributed by atoms with Gasteiger partial charge in [-0.05, 0) is 48.7 Å². The van der Waals surface area contributed by atoms with Gasteiger partial charge >= 0.3 is 0 Å². The van der Waals surface area contributed by atoms with Crippen LogP contribution in [0, 0.1) is 30.2 Å². The van der Waals surface area contributed by atoms with Gasteiger partial charge in [0.2, 0.25) is 0 Å². The Labute approximate surface area is 197 Å². The van der Waals surface area contributed by atoms with Crippen LogP contribution in [0.1, 0.15) is 24.2 Å². The Balaban J connectivity index is 1.47. The van der Waals surface area contributed by atoms with Crippen molar-refractivity contribution in [3.8, 4) is 22.3 Å². The lowest BCUT2D eigenvalue weighted by Crippen LogP contribution is -2.41. The zero-order valence-electron chi connectivity index (χ0n) is 18.7. The van der Waals surface area contributed by atoms with Crippen molar-refractivity contribution in [3.63, 3.8) is 0 Å². The van der Waals surface area contributed by atoms with Gasteiger partial charge in [-0.15, -0.1) is 0 Å². The Hall–Kier alpha value is -3.33. The number of hydrogen-bond donors (Lipinski definition) is 1. The normalized spacial score (nSPS) is 16.2. The number of nitrogens with one attached hydrogen (secondary N) is 1. The highest BCUT2D eigenvalue weighted by atomic mass is 19.3. The quantitative estimate of drug-likeness (QED) is 0.247. The first-order valence-electron chi connectivity index (χ1n) is 11.1. The van der Waals surface area contributed by atoms with Gasteiger partial charge in [0.05, 0.1) is 28.7 Å². The summed E-state index contributed by atoms with van der Waals surface area (Å²) in [4.78, 5) is 8.73. The number of alkyl halides is 2. The van der Waals surface area contributed by atoms with E-state index in [4.69, 9.17) is 0 Å². The standard InChI is InChI=1S/C26H21F6N3/c1-14-33-18-8-7-17(11-19(18)34-14)21-24(29)22(27)20(23(28)25(21)30)16-5-3-15(4-6-16)12-35-10-2-9-26(31,32)13-35/h3-8,11H,2,9-10,12-13H2,1H3,(H,33,34). The zero-order valence-corrected chi connectivity index (χ0v) is 18.7. The fourth-order valence-electron chi connectivity index (χ4n) is 4.65. The van der Waals surface area contributed by atoms with E-state index in [1.54, 1.807) is 11.8 Å². The zero-order chi connectivity index (χ0) is 24.9. The van der Waals surface area contributed by atoms with Crippen molar-refractivity contribution in [3.05, 3.63) is 77.1 Å². The van der Waals surface area contributed by atoms with E-state index in [-0.39, 0.29) is 30.6 Å². The lowest BCUT2D eigenvalue weighted by molar-refractivity contribution is -0.0661. The first-order chi connectivity index (χ1) is 16.6. The SMILES string of the molecule is Cc1nc2ccc(-c3c(F)c(F)c(-c4ccc(CN5CCCC(F)(F)C5)cc4)c(F)c3F)cc2[nH]1. The van der Waals surface area contributed by atoms with Crippen molar-refractivity contribution in [2.75, 3.05) is 13.1 Å². The minimum absolute atomic E-state index is 0.0332. The number of likely N-dealkylation sites (tertiary alicyclic amines) is 1. The van der Waals surface area contributed by atoms with E-state index < -0.39 is 40.3 Å². The molecule has 1 fully saturated rings. The van der Waals surface area contributed by atoms with Gasteiger partial charge in [-0.3, -0.25) is 4.90 Å². The third-order valence-electron chi connectivity index (χ3n) is 6.27. The Morgan fingerprint density at radius 2 is 1.49 bits per heavy atom. The van der Waals surface area contributed by atoms with E-state index in [1.807, 2.05) is 0 Å². The van der Waals surface area contributed by atoms with E-state index in [9.17, 15) is 8.78 Å². The number of benzene rings is 3. The van der Waals surface area contributed by atoms with Gasteiger partial charge in [0.1, 0.15) is 5.82 Å². The molecule has 0 radical (unpaired) electrons. The third kappa shape index (κ3) is 4.40. The molecule has 4 aromatic rings. The van der Waals surface area contributed by atoms with Crippen LogP contribution in [0.15, 0.2) is 42.5 Å². The molecule has 1 aliphatic rings.